The molecule has 0 aliphatic carbocycles. The van der Waals surface area contributed by atoms with Gasteiger partial charge in [0.15, 0.2) is 0 Å². The fourth-order valence-corrected chi connectivity index (χ4v) is 1.52. The lowest BCUT2D eigenvalue weighted by Gasteiger charge is -2.07. The van der Waals surface area contributed by atoms with E-state index in [-0.39, 0.29) is 0 Å². The van der Waals surface area contributed by atoms with Gasteiger partial charge in [0.2, 0.25) is 0 Å². The van der Waals surface area contributed by atoms with Gasteiger partial charge in [-0.2, -0.15) is 0 Å². The quantitative estimate of drug-likeness (QED) is 0.572. The smallest absolute Gasteiger partial charge is 0.124 e. The standard InChI is InChI=1S/C11H14N4/c12-14-8-11-13-6-7-15(11)9-10-4-2-1-3-5-10/h1-7,14H,8-9,12H2. The molecule has 1 heterocycles. The van der Waals surface area contributed by atoms with E-state index in [2.05, 4.69) is 27.1 Å². The molecule has 0 fully saturated rings. The molecule has 0 unspecified atom stereocenters. The van der Waals surface area contributed by atoms with Crippen LogP contribution < -0.4 is 11.3 Å². The summed E-state index contributed by atoms with van der Waals surface area (Å²) in [6, 6.07) is 10.3. The predicted octanol–water partition coefficient (Wildman–Crippen LogP) is 0.895. The number of rotatable bonds is 4. The highest BCUT2D eigenvalue weighted by atomic mass is 15.2. The van der Waals surface area contributed by atoms with E-state index in [0.29, 0.717) is 6.54 Å². The number of hydrogen-bond donors (Lipinski definition) is 2. The Balaban J connectivity index is 2.14. The van der Waals surface area contributed by atoms with Gasteiger partial charge in [-0.05, 0) is 5.56 Å². The van der Waals surface area contributed by atoms with Crippen molar-refractivity contribution < 1.29 is 0 Å². The summed E-state index contributed by atoms with van der Waals surface area (Å²) in [5.41, 5.74) is 3.87. The molecule has 1 aromatic carbocycles. The van der Waals surface area contributed by atoms with Gasteiger partial charge in [-0.1, -0.05) is 30.3 Å². The first kappa shape index (κ1) is 9.89. The van der Waals surface area contributed by atoms with Crippen molar-refractivity contribution >= 4 is 0 Å². The fraction of sp³-hybridized carbons (Fsp3) is 0.182. The minimum Gasteiger partial charge on any atom is -0.329 e. The van der Waals surface area contributed by atoms with Gasteiger partial charge in [0.1, 0.15) is 5.82 Å². The third-order valence-electron chi connectivity index (χ3n) is 2.26. The van der Waals surface area contributed by atoms with Crippen molar-refractivity contribution in [2.45, 2.75) is 13.1 Å². The molecular formula is C11H14N4. The van der Waals surface area contributed by atoms with Gasteiger partial charge in [-0.15, -0.1) is 0 Å². The highest BCUT2D eigenvalue weighted by molar-refractivity contribution is 5.15. The maximum Gasteiger partial charge on any atom is 0.124 e. The summed E-state index contributed by atoms with van der Waals surface area (Å²) in [6.45, 7) is 1.41. The number of hydrogen-bond acceptors (Lipinski definition) is 3. The number of hydrazine groups is 1. The average Bonchev–Trinajstić information content (AvgIpc) is 2.68. The normalized spacial score (nSPS) is 10.5. The molecule has 2 aromatic rings. The lowest BCUT2D eigenvalue weighted by Crippen LogP contribution is -2.23. The molecule has 0 bridgehead atoms. The summed E-state index contributed by atoms with van der Waals surface area (Å²) in [5.74, 6) is 6.22. The van der Waals surface area contributed by atoms with Crippen molar-refractivity contribution in [3.05, 3.63) is 54.1 Å². The minimum absolute atomic E-state index is 0.583. The van der Waals surface area contributed by atoms with Gasteiger partial charge in [-0.25, -0.2) is 4.98 Å². The molecule has 0 aliphatic rings. The Morgan fingerprint density at radius 1 is 1.27 bits per heavy atom. The van der Waals surface area contributed by atoms with E-state index >= 15 is 0 Å². The highest BCUT2D eigenvalue weighted by Gasteiger charge is 2.01. The largest absolute Gasteiger partial charge is 0.329 e. The van der Waals surface area contributed by atoms with E-state index in [1.54, 1.807) is 6.20 Å². The van der Waals surface area contributed by atoms with Gasteiger partial charge < -0.3 is 4.57 Å². The van der Waals surface area contributed by atoms with E-state index in [1.807, 2.05) is 24.4 Å². The topological polar surface area (TPSA) is 55.9 Å². The van der Waals surface area contributed by atoms with Crippen molar-refractivity contribution in [3.8, 4) is 0 Å². The summed E-state index contributed by atoms with van der Waals surface area (Å²) in [4.78, 5) is 4.22. The Morgan fingerprint density at radius 3 is 2.80 bits per heavy atom. The van der Waals surface area contributed by atoms with E-state index in [9.17, 15) is 0 Å². The molecule has 0 aliphatic heterocycles. The van der Waals surface area contributed by atoms with Gasteiger partial charge >= 0.3 is 0 Å². The number of imidazole rings is 1. The molecule has 4 heteroatoms. The summed E-state index contributed by atoms with van der Waals surface area (Å²) >= 11 is 0. The Kier molecular flexibility index (Phi) is 3.11. The second-order valence-electron chi connectivity index (χ2n) is 3.34. The molecular weight excluding hydrogens is 188 g/mol. The van der Waals surface area contributed by atoms with Gasteiger partial charge in [0.05, 0.1) is 6.54 Å². The Hall–Kier alpha value is -1.65. The molecule has 15 heavy (non-hydrogen) atoms. The molecule has 2 rings (SSSR count). The van der Waals surface area contributed by atoms with Crippen LogP contribution in [0.25, 0.3) is 0 Å². The Bertz CT molecular complexity index is 408. The van der Waals surface area contributed by atoms with Crippen LogP contribution in [0.3, 0.4) is 0 Å². The van der Waals surface area contributed by atoms with Crippen molar-refractivity contribution in [2.24, 2.45) is 5.84 Å². The van der Waals surface area contributed by atoms with Crippen molar-refractivity contribution in [1.82, 2.24) is 15.0 Å². The van der Waals surface area contributed by atoms with E-state index in [0.717, 1.165) is 12.4 Å². The Morgan fingerprint density at radius 2 is 2.07 bits per heavy atom. The van der Waals surface area contributed by atoms with Gasteiger partial charge in [0.25, 0.3) is 0 Å². The van der Waals surface area contributed by atoms with E-state index < -0.39 is 0 Å². The molecule has 1 aromatic heterocycles. The van der Waals surface area contributed by atoms with Gasteiger partial charge in [-0.3, -0.25) is 11.3 Å². The molecule has 4 nitrogen and oxygen atoms in total. The number of nitrogens with two attached hydrogens (primary N) is 1. The van der Waals surface area contributed by atoms with Crippen molar-refractivity contribution in [2.75, 3.05) is 0 Å². The third-order valence-corrected chi connectivity index (χ3v) is 2.26. The summed E-state index contributed by atoms with van der Waals surface area (Å²) in [6.07, 6.45) is 3.75. The monoisotopic (exact) mass is 202 g/mol. The van der Waals surface area contributed by atoms with Crippen LogP contribution in [0.5, 0.6) is 0 Å². The number of aromatic nitrogens is 2. The molecule has 0 atom stereocenters. The summed E-state index contributed by atoms with van der Waals surface area (Å²) in [5, 5.41) is 0. The predicted molar refractivity (Wildman–Crippen MR) is 58.8 cm³/mol. The average molecular weight is 202 g/mol. The molecule has 78 valence electrons. The van der Waals surface area contributed by atoms with Crippen LogP contribution in [0.15, 0.2) is 42.7 Å². The number of benzene rings is 1. The highest BCUT2D eigenvalue weighted by Crippen LogP contribution is 2.04. The van der Waals surface area contributed by atoms with Crippen LogP contribution in [0.4, 0.5) is 0 Å². The third kappa shape index (κ3) is 2.43. The fourth-order valence-electron chi connectivity index (χ4n) is 1.52. The zero-order valence-electron chi connectivity index (χ0n) is 8.43. The molecule has 0 saturated carbocycles. The van der Waals surface area contributed by atoms with Crippen molar-refractivity contribution in [1.29, 1.82) is 0 Å². The summed E-state index contributed by atoms with van der Waals surface area (Å²) in [7, 11) is 0. The lowest BCUT2D eigenvalue weighted by atomic mass is 10.2. The zero-order valence-corrected chi connectivity index (χ0v) is 8.43. The Labute approximate surface area is 88.7 Å². The number of nitrogens with one attached hydrogen (secondary N) is 1. The van der Waals surface area contributed by atoms with E-state index in [4.69, 9.17) is 5.84 Å². The maximum absolute atomic E-state index is 5.28. The second kappa shape index (κ2) is 4.72. The lowest BCUT2D eigenvalue weighted by molar-refractivity contribution is 0.644. The molecule has 0 amide bonds. The first-order valence-electron chi connectivity index (χ1n) is 4.87. The molecule has 0 spiro atoms. The summed E-state index contributed by atoms with van der Waals surface area (Å²) < 4.78 is 2.08. The minimum atomic E-state index is 0.583. The van der Waals surface area contributed by atoms with Crippen molar-refractivity contribution in [3.63, 3.8) is 0 Å². The molecule has 3 N–H and O–H groups in total. The van der Waals surface area contributed by atoms with Gasteiger partial charge in [0, 0.05) is 18.9 Å². The van der Waals surface area contributed by atoms with E-state index in [1.165, 1.54) is 5.56 Å². The first-order valence-corrected chi connectivity index (χ1v) is 4.87. The second-order valence-corrected chi connectivity index (χ2v) is 3.34. The van der Waals surface area contributed by atoms with Crippen LogP contribution in [0.2, 0.25) is 0 Å². The SMILES string of the molecule is NNCc1nccn1Cc1ccccc1. The van der Waals surface area contributed by atoms with Crippen LogP contribution >= 0.6 is 0 Å². The molecule has 0 saturated heterocycles. The zero-order chi connectivity index (χ0) is 10.5. The first-order chi connectivity index (χ1) is 7.40. The van der Waals surface area contributed by atoms with Crippen LogP contribution in [0, 0.1) is 0 Å². The maximum atomic E-state index is 5.28. The van der Waals surface area contributed by atoms with Crippen LogP contribution in [-0.4, -0.2) is 9.55 Å². The molecule has 0 radical (unpaired) electrons. The van der Waals surface area contributed by atoms with Crippen LogP contribution in [-0.2, 0) is 13.1 Å². The number of nitrogens with zero attached hydrogens (tertiary/aromatic N) is 2. The van der Waals surface area contributed by atoms with Crippen LogP contribution in [0.1, 0.15) is 11.4 Å².